The average molecular weight is 372 g/mol. The molecule has 10 heteroatoms. The average Bonchev–Trinajstić information content (AvgIpc) is 2.59. The fourth-order valence-electron chi connectivity index (χ4n) is 2.96. The van der Waals surface area contributed by atoms with Crippen LogP contribution in [0, 0.1) is 5.92 Å². The molecule has 26 heavy (non-hydrogen) atoms. The van der Waals surface area contributed by atoms with Crippen molar-refractivity contribution in [2.24, 2.45) is 5.92 Å². The third-order valence-corrected chi connectivity index (χ3v) is 4.49. The van der Waals surface area contributed by atoms with E-state index in [1.54, 1.807) is 0 Å². The summed E-state index contributed by atoms with van der Waals surface area (Å²) >= 11 is 0. The summed E-state index contributed by atoms with van der Waals surface area (Å²) in [6, 6.07) is 2.13. The van der Waals surface area contributed by atoms with Gasteiger partial charge in [-0.3, -0.25) is 4.79 Å². The summed E-state index contributed by atoms with van der Waals surface area (Å²) in [6.07, 6.45) is -8.77. The highest BCUT2D eigenvalue weighted by atomic mass is 16.8. The molecule has 10 nitrogen and oxygen atoms in total. The zero-order chi connectivity index (χ0) is 19.2. The standard InChI is InChI=1S/C16H20O10/c1-5-11(20)10-7(19)2-6(18)3-8(10)24-15(5)26-16-14(23)13(22)12(21)9(4-17)25-16/h2-3,5,9,12-19,21-23H,4H2,1H3. The topological polar surface area (TPSA) is 166 Å². The summed E-state index contributed by atoms with van der Waals surface area (Å²) in [4.78, 5) is 12.5. The van der Waals surface area contributed by atoms with E-state index in [-0.39, 0.29) is 17.1 Å². The second kappa shape index (κ2) is 6.99. The highest BCUT2D eigenvalue weighted by Crippen LogP contribution is 2.40. The molecule has 1 aromatic rings. The Morgan fingerprint density at radius 2 is 1.77 bits per heavy atom. The predicted molar refractivity (Wildman–Crippen MR) is 82.5 cm³/mol. The molecule has 0 spiro atoms. The first-order chi connectivity index (χ1) is 12.2. The minimum Gasteiger partial charge on any atom is -0.508 e. The maximum Gasteiger partial charge on any atom is 0.212 e. The van der Waals surface area contributed by atoms with Crippen molar-refractivity contribution in [1.29, 1.82) is 0 Å². The third kappa shape index (κ3) is 3.11. The molecule has 1 fully saturated rings. The summed E-state index contributed by atoms with van der Waals surface area (Å²) in [5.41, 5.74) is -0.107. The Labute approximate surface area is 147 Å². The second-order valence-corrected chi connectivity index (χ2v) is 6.31. The number of carbonyl (C=O) groups is 1. The maximum absolute atomic E-state index is 12.5. The van der Waals surface area contributed by atoms with Crippen LogP contribution in [0.4, 0.5) is 0 Å². The molecule has 0 radical (unpaired) electrons. The van der Waals surface area contributed by atoms with Crippen LogP contribution in [-0.4, -0.2) is 80.0 Å². The van der Waals surface area contributed by atoms with E-state index in [0.717, 1.165) is 12.1 Å². The molecular formula is C16H20O10. The number of hydrogen-bond donors (Lipinski definition) is 6. The molecule has 144 valence electrons. The molecule has 7 unspecified atom stereocenters. The van der Waals surface area contributed by atoms with Gasteiger partial charge in [-0.25, -0.2) is 0 Å². The fraction of sp³-hybridized carbons (Fsp3) is 0.562. The number of phenolic OH excluding ortho intramolecular Hbond substituents is 2. The lowest BCUT2D eigenvalue weighted by Gasteiger charge is -2.42. The van der Waals surface area contributed by atoms with Gasteiger partial charge in [0.25, 0.3) is 0 Å². The van der Waals surface area contributed by atoms with Crippen LogP contribution in [0.3, 0.4) is 0 Å². The van der Waals surface area contributed by atoms with Crippen LogP contribution >= 0.6 is 0 Å². The summed E-state index contributed by atoms with van der Waals surface area (Å²) in [6.45, 7) is 0.835. The molecule has 0 bridgehead atoms. The van der Waals surface area contributed by atoms with Crippen molar-refractivity contribution >= 4 is 5.78 Å². The number of aliphatic hydroxyl groups excluding tert-OH is 4. The van der Waals surface area contributed by atoms with Crippen LogP contribution < -0.4 is 4.74 Å². The lowest BCUT2D eigenvalue weighted by Crippen LogP contribution is -2.60. The number of fused-ring (bicyclic) bond motifs is 1. The van der Waals surface area contributed by atoms with Gasteiger partial charge in [0.2, 0.25) is 6.29 Å². The number of aliphatic hydroxyl groups is 4. The van der Waals surface area contributed by atoms with Gasteiger partial charge in [-0.05, 0) is 6.92 Å². The molecule has 2 heterocycles. The maximum atomic E-state index is 12.5. The van der Waals surface area contributed by atoms with Crippen LogP contribution in [0.2, 0.25) is 0 Å². The lowest BCUT2D eigenvalue weighted by atomic mass is 9.94. The van der Waals surface area contributed by atoms with Gasteiger partial charge >= 0.3 is 0 Å². The van der Waals surface area contributed by atoms with E-state index < -0.39 is 61.1 Å². The van der Waals surface area contributed by atoms with Crippen molar-refractivity contribution in [3.63, 3.8) is 0 Å². The van der Waals surface area contributed by atoms with Crippen molar-refractivity contribution in [2.75, 3.05) is 6.61 Å². The number of phenols is 2. The SMILES string of the molecule is CC1C(=O)c2c(O)cc(O)cc2OC1OC1OC(CO)C(O)C(O)C1O. The lowest BCUT2D eigenvalue weighted by molar-refractivity contribution is -0.331. The van der Waals surface area contributed by atoms with Crippen molar-refractivity contribution in [3.05, 3.63) is 17.7 Å². The highest BCUT2D eigenvalue weighted by Gasteiger charge is 2.47. The van der Waals surface area contributed by atoms with Gasteiger partial charge in [0.1, 0.15) is 47.2 Å². The number of ketones is 1. The smallest absolute Gasteiger partial charge is 0.212 e. The van der Waals surface area contributed by atoms with E-state index in [9.17, 15) is 35.4 Å². The van der Waals surface area contributed by atoms with Crippen molar-refractivity contribution in [1.82, 2.24) is 0 Å². The molecule has 0 aromatic heterocycles. The van der Waals surface area contributed by atoms with E-state index >= 15 is 0 Å². The van der Waals surface area contributed by atoms with Gasteiger partial charge in [-0.15, -0.1) is 0 Å². The van der Waals surface area contributed by atoms with Crippen LogP contribution in [0.5, 0.6) is 17.2 Å². The Balaban J connectivity index is 1.83. The molecule has 7 atom stereocenters. The van der Waals surface area contributed by atoms with Gasteiger partial charge < -0.3 is 44.8 Å². The third-order valence-electron chi connectivity index (χ3n) is 4.49. The van der Waals surface area contributed by atoms with Gasteiger partial charge in [0, 0.05) is 12.1 Å². The summed E-state index contributed by atoms with van der Waals surface area (Å²) in [5.74, 6) is -2.30. The van der Waals surface area contributed by atoms with Gasteiger partial charge in [-0.1, -0.05) is 0 Å². The number of rotatable bonds is 3. The number of carbonyl (C=O) groups excluding carboxylic acids is 1. The quantitative estimate of drug-likeness (QED) is 0.366. The number of benzene rings is 1. The molecular weight excluding hydrogens is 352 g/mol. The number of aromatic hydroxyl groups is 2. The molecule has 0 saturated carbocycles. The zero-order valence-electron chi connectivity index (χ0n) is 13.7. The van der Waals surface area contributed by atoms with E-state index in [1.807, 2.05) is 0 Å². The molecule has 1 aromatic carbocycles. The molecule has 2 aliphatic rings. The normalized spacial score (nSPS) is 37.1. The van der Waals surface area contributed by atoms with Crippen molar-refractivity contribution in [2.45, 2.75) is 43.9 Å². The van der Waals surface area contributed by atoms with E-state index in [2.05, 4.69) is 0 Å². The monoisotopic (exact) mass is 372 g/mol. The minimum atomic E-state index is -1.65. The van der Waals surface area contributed by atoms with Gasteiger partial charge in [-0.2, -0.15) is 0 Å². The molecule has 6 N–H and O–H groups in total. The fourth-order valence-corrected chi connectivity index (χ4v) is 2.96. The van der Waals surface area contributed by atoms with Gasteiger partial charge in [0.15, 0.2) is 12.1 Å². The van der Waals surface area contributed by atoms with Crippen LogP contribution in [0.1, 0.15) is 17.3 Å². The molecule has 2 aliphatic heterocycles. The molecule has 0 amide bonds. The number of hydrogen-bond acceptors (Lipinski definition) is 10. The first-order valence-electron chi connectivity index (χ1n) is 7.97. The van der Waals surface area contributed by atoms with Crippen LogP contribution in [0.25, 0.3) is 0 Å². The van der Waals surface area contributed by atoms with E-state index in [0.29, 0.717) is 0 Å². The molecule has 3 rings (SSSR count). The van der Waals surface area contributed by atoms with E-state index in [1.165, 1.54) is 6.92 Å². The van der Waals surface area contributed by atoms with Crippen LogP contribution in [0.15, 0.2) is 12.1 Å². The Kier molecular flexibility index (Phi) is 5.06. The molecule has 0 aliphatic carbocycles. The number of ether oxygens (including phenoxy) is 3. The second-order valence-electron chi connectivity index (χ2n) is 6.31. The Bertz CT molecular complexity index is 690. The Hall–Kier alpha value is -1.95. The Morgan fingerprint density at radius 3 is 2.42 bits per heavy atom. The van der Waals surface area contributed by atoms with Crippen molar-refractivity contribution in [3.8, 4) is 17.2 Å². The highest BCUT2D eigenvalue weighted by molar-refractivity contribution is 6.03. The summed E-state index contributed by atoms with van der Waals surface area (Å²) in [7, 11) is 0. The number of Topliss-reactive ketones (excluding diaryl/α,β-unsaturated/α-hetero) is 1. The summed E-state index contributed by atoms with van der Waals surface area (Å²) in [5, 5.41) is 58.2. The minimum absolute atomic E-state index is 0.107. The largest absolute Gasteiger partial charge is 0.508 e. The summed E-state index contributed by atoms with van der Waals surface area (Å²) < 4.78 is 16.2. The first kappa shape index (κ1) is 18.8. The van der Waals surface area contributed by atoms with Gasteiger partial charge in [0.05, 0.1) is 12.5 Å². The molecule has 1 saturated heterocycles. The predicted octanol–water partition coefficient (Wildman–Crippen LogP) is -1.55. The van der Waals surface area contributed by atoms with Crippen LogP contribution in [-0.2, 0) is 9.47 Å². The first-order valence-corrected chi connectivity index (χ1v) is 7.97. The van der Waals surface area contributed by atoms with E-state index in [4.69, 9.17) is 14.2 Å². The zero-order valence-corrected chi connectivity index (χ0v) is 13.7. The van der Waals surface area contributed by atoms with Crippen molar-refractivity contribution < 1.29 is 49.6 Å². The Morgan fingerprint density at radius 1 is 1.08 bits per heavy atom.